The van der Waals surface area contributed by atoms with Crippen LogP contribution in [-0.4, -0.2) is 26.2 Å². The fourth-order valence-electron chi connectivity index (χ4n) is 5.06. The third-order valence-corrected chi connectivity index (χ3v) is 6.48. The van der Waals surface area contributed by atoms with E-state index >= 15 is 0 Å². The molecule has 0 saturated heterocycles. The minimum Gasteiger partial charge on any atom is -0.497 e. The summed E-state index contributed by atoms with van der Waals surface area (Å²) in [5, 5.41) is 2.14. The molecule has 162 valence electrons. The van der Waals surface area contributed by atoms with Crippen molar-refractivity contribution in [2.45, 2.75) is 0 Å². The van der Waals surface area contributed by atoms with Crippen LogP contribution >= 0.6 is 0 Å². The minimum atomic E-state index is 0.814. The summed E-state index contributed by atoms with van der Waals surface area (Å²) in [7, 11) is 1.70. The minimum absolute atomic E-state index is 0.814. The number of rotatable bonds is 3. The first-order valence-corrected chi connectivity index (χ1v) is 11.2. The number of aromatic nitrogens is 4. The molecule has 0 saturated carbocycles. The summed E-state index contributed by atoms with van der Waals surface area (Å²) in [6.45, 7) is 0. The second kappa shape index (κ2) is 7.18. The van der Waals surface area contributed by atoms with Gasteiger partial charge in [-0.1, -0.05) is 42.5 Å². The lowest BCUT2D eigenvalue weighted by atomic mass is 10.2. The molecule has 0 aliphatic rings. The molecular formula is C29H20N4O. The Kier molecular flexibility index (Phi) is 3.99. The maximum absolute atomic E-state index is 5.56. The van der Waals surface area contributed by atoms with Gasteiger partial charge < -0.3 is 13.9 Å². The first-order valence-electron chi connectivity index (χ1n) is 11.2. The summed E-state index contributed by atoms with van der Waals surface area (Å²) in [5.41, 5.74) is 8.31. The first-order chi connectivity index (χ1) is 16.8. The second-order valence-electron chi connectivity index (χ2n) is 8.31. The molecule has 0 amide bonds. The maximum atomic E-state index is 5.56. The zero-order chi connectivity index (χ0) is 22.6. The Balaban J connectivity index is 1.77. The molecule has 34 heavy (non-hydrogen) atoms. The molecule has 7 rings (SSSR count). The van der Waals surface area contributed by atoms with E-state index in [0.717, 1.165) is 61.0 Å². The third kappa shape index (κ3) is 2.55. The Morgan fingerprint density at radius 1 is 0.618 bits per heavy atom. The highest BCUT2D eigenvalue weighted by Crippen LogP contribution is 2.40. The molecule has 0 N–H and O–H groups in total. The number of hydrogen-bond donors (Lipinski definition) is 0. The first kappa shape index (κ1) is 18.9. The van der Waals surface area contributed by atoms with Gasteiger partial charge in [-0.2, -0.15) is 0 Å². The Morgan fingerprint density at radius 3 is 2.26 bits per heavy atom. The topological polar surface area (TPSA) is 44.9 Å². The predicted molar refractivity (Wildman–Crippen MR) is 137 cm³/mol. The van der Waals surface area contributed by atoms with Gasteiger partial charge in [0.05, 0.1) is 40.2 Å². The van der Waals surface area contributed by atoms with Crippen LogP contribution in [-0.2, 0) is 0 Å². The van der Waals surface area contributed by atoms with Crippen LogP contribution in [0.25, 0.3) is 55.2 Å². The van der Waals surface area contributed by atoms with Crippen molar-refractivity contribution in [3.63, 3.8) is 0 Å². The maximum Gasteiger partial charge on any atom is 0.120 e. The van der Waals surface area contributed by atoms with Gasteiger partial charge in [0.1, 0.15) is 5.75 Å². The Bertz CT molecular complexity index is 1850. The third-order valence-electron chi connectivity index (χ3n) is 6.48. The van der Waals surface area contributed by atoms with Crippen molar-refractivity contribution in [1.29, 1.82) is 0 Å². The Morgan fingerprint density at radius 2 is 1.38 bits per heavy atom. The van der Waals surface area contributed by atoms with Gasteiger partial charge in [-0.25, -0.2) is 0 Å². The van der Waals surface area contributed by atoms with Crippen molar-refractivity contribution in [3.05, 3.63) is 103 Å². The van der Waals surface area contributed by atoms with Gasteiger partial charge in [0.25, 0.3) is 0 Å². The molecular weight excluding hydrogens is 420 g/mol. The fraction of sp³-hybridized carbons (Fsp3) is 0.0345. The van der Waals surface area contributed by atoms with E-state index in [2.05, 4.69) is 75.9 Å². The fourth-order valence-corrected chi connectivity index (χ4v) is 5.06. The SMILES string of the molecule is COc1cccc(-n2c3ccccc3c3ncc4c5ncccc5n(-c5ccccc5)c4c32)c1. The van der Waals surface area contributed by atoms with Gasteiger partial charge in [0.2, 0.25) is 0 Å². The van der Waals surface area contributed by atoms with Crippen molar-refractivity contribution in [1.82, 2.24) is 19.1 Å². The smallest absolute Gasteiger partial charge is 0.120 e. The molecule has 5 heteroatoms. The van der Waals surface area contributed by atoms with Crippen LogP contribution in [0.4, 0.5) is 0 Å². The zero-order valence-corrected chi connectivity index (χ0v) is 18.5. The number of pyridine rings is 2. The Hall–Kier alpha value is -4.64. The average Bonchev–Trinajstić information content (AvgIpc) is 3.42. The molecule has 7 aromatic rings. The molecule has 4 aromatic heterocycles. The lowest BCUT2D eigenvalue weighted by molar-refractivity contribution is 0.414. The van der Waals surface area contributed by atoms with Crippen molar-refractivity contribution in [3.8, 4) is 17.1 Å². The summed E-state index contributed by atoms with van der Waals surface area (Å²) >= 11 is 0. The molecule has 5 nitrogen and oxygen atoms in total. The predicted octanol–water partition coefficient (Wildman–Crippen LogP) is 6.68. The number of hydrogen-bond acceptors (Lipinski definition) is 3. The second-order valence-corrected chi connectivity index (χ2v) is 8.31. The van der Waals surface area contributed by atoms with Gasteiger partial charge in [0.15, 0.2) is 0 Å². The van der Waals surface area contributed by atoms with Crippen molar-refractivity contribution >= 4 is 43.9 Å². The summed E-state index contributed by atoms with van der Waals surface area (Å²) in [5.74, 6) is 0.814. The van der Waals surface area contributed by atoms with Crippen LogP contribution in [0.3, 0.4) is 0 Å². The number of para-hydroxylation sites is 2. The highest BCUT2D eigenvalue weighted by molar-refractivity contribution is 6.21. The standard InChI is InChI=1S/C29H20N4O/c1-34-21-12-7-11-20(17-21)33-24-14-6-5-13-22(24)27-29(33)28-23(18-31-27)26-25(15-8-16-30-26)32(28)19-9-3-2-4-10-19/h2-18H,1H3. The van der Waals surface area contributed by atoms with Gasteiger partial charge in [0, 0.05) is 40.6 Å². The van der Waals surface area contributed by atoms with E-state index in [4.69, 9.17) is 14.7 Å². The molecule has 0 aliphatic heterocycles. The number of methoxy groups -OCH3 is 1. The quantitative estimate of drug-likeness (QED) is 0.308. The molecule has 0 aliphatic carbocycles. The summed E-state index contributed by atoms with van der Waals surface area (Å²) in [6.07, 6.45) is 3.81. The monoisotopic (exact) mass is 440 g/mol. The van der Waals surface area contributed by atoms with Crippen LogP contribution in [0, 0.1) is 0 Å². The molecule has 0 fully saturated rings. The van der Waals surface area contributed by atoms with Crippen LogP contribution in [0.5, 0.6) is 5.75 Å². The normalized spacial score (nSPS) is 11.7. The molecule has 0 bridgehead atoms. The Labute approximate surface area is 195 Å². The highest BCUT2D eigenvalue weighted by Gasteiger charge is 2.22. The molecule has 0 radical (unpaired) electrons. The van der Waals surface area contributed by atoms with Crippen molar-refractivity contribution in [2.75, 3.05) is 7.11 Å². The van der Waals surface area contributed by atoms with E-state index in [0.29, 0.717) is 0 Å². The van der Waals surface area contributed by atoms with E-state index < -0.39 is 0 Å². The van der Waals surface area contributed by atoms with Crippen molar-refractivity contribution in [2.24, 2.45) is 0 Å². The average molecular weight is 441 g/mol. The van der Waals surface area contributed by atoms with Gasteiger partial charge in [-0.15, -0.1) is 0 Å². The number of benzene rings is 3. The number of nitrogens with zero attached hydrogens (tertiary/aromatic N) is 4. The number of ether oxygens (including phenoxy) is 1. The van der Waals surface area contributed by atoms with Crippen LogP contribution in [0.2, 0.25) is 0 Å². The zero-order valence-electron chi connectivity index (χ0n) is 18.5. The molecule has 3 aromatic carbocycles. The molecule has 0 spiro atoms. The highest BCUT2D eigenvalue weighted by atomic mass is 16.5. The largest absolute Gasteiger partial charge is 0.497 e. The lowest BCUT2D eigenvalue weighted by Gasteiger charge is -2.12. The summed E-state index contributed by atoms with van der Waals surface area (Å²) in [6, 6.07) is 31.2. The van der Waals surface area contributed by atoms with E-state index in [9.17, 15) is 0 Å². The van der Waals surface area contributed by atoms with Gasteiger partial charge >= 0.3 is 0 Å². The van der Waals surface area contributed by atoms with Gasteiger partial charge in [-0.05, 0) is 42.5 Å². The van der Waals surface area contributed by atoms with Crippen LogP contribution in [0.15, 0.2) is 103 Å². The van der Waals surface area contributed by atoms with E-state index in [-0.39, 0.29) is 0 Å². The van der Waals surface area contributed by atoms with E-state index in [1.54, 1.807) is 7.11 Å². The van der Waals surface area contributed by atoms with Crippen LogP contribution in [0.1, 0.15) is 0 Å². The van der Waals surface area contributed by atoms with Gasteiger partial charge in [-0.3, -0.25) is 9.97 Å². The van der Waals surface area contributed by atoms with E-state index in [1.165, 1.54) is 0 Å². The number of fused-ring (bicyclic) bond motifs is 7. The van der Waals surface area contributed by atoms with Crippen molar-refractivity contribution < 1.29 is 4.74 Å². The van der Waals surface area contributed by atoms with Crippen LogP contribution < -0.4 is 4.74 Å². The van der Waals surface area contributed by atoms with E-state index in [1.807, 2.05) is 36.7 Å². The molecule has 0 unspecified atom stereocenters. The summed E-state index contributed by atoms with van der Waals surface area (Å²) in [4.78, 5) is 9.73. The molecule has 4 heterocycles. The summed E-state index contributed by atoms with van der Waals surface area (Å²) < 4.78 is 10.2. The molecule has 0 atom stereocenters. The lowest BCUT2D eigenvalue weighted by Crippen LogP contribution is -1.99.